The number of nitrogens with zero attached hydrogens (tertiary/aromatic N) is 4. The molecule has 1 atom stereocenters. The molecule has 3 aromatic heterocycles. The van der Waals surface area contributed by atoms with Gasteiger partial charge in [0.05, 0.1) is 11.7 Å². The van der Waals surface area contributed by atoms with E-state index in [1.54, 1.807) is 10.8 Å². The van der Waals surface area contributed by atoms with Crippen LogP contribution in [0, 0.1) is 5.92 Å². The van der Waals surface area contributed by atoms with Gasteiger partial charge in [0.2, 0.25) is 0 Å². The highest BCUT2D eigenvalue weighted by atomic mass is 15.4. The van der Waals surface area contributed by atoms with Gasteiger partial charge in [0.25, 0.3) is 0 Å². The van der Waals surface area contributed by atoms with Gasteiger partial charge in [0.15, 0.2) is 0 Å². The Labute approximate surface area is 140 Å². The second-order valence-electron chi connectivity index (χ2n) is 7.29. The lowest BCUT2D eigenvalue weighted by Gasteiger charge is -2.44. The molecule has 1 aliphatic heterocycles. The maximum Gasteiger partial charge on any atom is 0.130 e. The third kappa shape index (κ3) is 1.89. The van der Waals surface area contributed by atoms with E-state index in [2.05, 4.69) is 39.6 Å². The SMILES string of the molecule is CC1(C2CC(N)C2)Cc2c(-c3cnn4ncccc34)ccnc2N1. The minimum Gasteiger partial charge on any atom is -0.364 e. The van der Waals surface area contributed by atoms with Gasteiger partial charge in [-0.05, 0) is 55.9 Å². The third-order valence-corrected chi connectivity index (χ3v) is 5.67. The summed E-state index contributed by atoms with van der Waals surface area (Å²) in [5, 5.41) is 12.3. The van der Waals surface area contributed by atoms with Crippen molar-refractivity contribution in [3.8, 4) is 11.1 Å². The van der Waals surface area contributed by atoms with Crippen molar-refractivity contribution in [3.05, 3.63) is 42.4 Å². The molecule has 1 unspecified atom stereocenters. The van der Waals surface area contributed by atoms with Crippen molar-refractivity contribution in [2.75, 3.05) is 5.32 Å². The van der Waals surface area contributed by atoms with Crippen molar-refractivity contribution in [3.63, 3.8) is 0 Å². The number of aromatic nitrogens is 4. The molecule has 0 bridgehead atoms. The molecule has 0 aromatic carbocycles. The Morgan fingerprint density at radius 1 is 1.21 bits per heavy atom. The number of hydrogen-bond donors (Lipinski definition) is 2. The monoisotopic (exact) mass is 320 g/mol. The molecule has 3 N–H and O–H groups in total. The van der Waals surface area contributed by atoms with Crippen LogP contribution < -0.4 is 11.1 Å². The minimum absolute atomic E-state index is 0.0442. The van der Waals surface area contributed by atoms with E-state index in [-0.39, 0.29) is 5.54 Å². The van der Waals surface area contributed by atoms with Gasteiger partial charge < -0.3 is 11.1 Å². The molecule has 6 heteroatoms. The van der Waals surface area contributed by atoms with E-state index in [1.165, 1.54) is 11.1 Å². The number of hydrogen-bond acceptors (Lipinski definition) is 5. The van der Waals surface area contributed by atoms with Crippen LogP contribution in [0.3, 0.4) is 0 Å². The van der Waals surface area contributed by atoms with Crippen molar-refractivity contribution in [2.45, 2.75) is 37.8 Å². The molecule has 5 rings (SSSR count). The zero-order valence-corrected chi connectivity index (χ0v) is 13.6. The highest BCUT2D eigenvalue weighted by Gasteiger charge is 2.46. The van der Waals surface area contributed by atoms with E-state index in [4.69, 9.17) is 5.73 Å². The molecule has 1 saturated carbocycles. The fourth-order valence-electron chi connectivity index (χ4n) is 4.18. The van der Waals surface area contributed by atoms with Crippen LogP contribution in [0.1, 0.15) is 25.3 Å². The lowest BCUT2D eigenvalue weighted by molar-refractivity contribution is 0.175. The first kappa shape index (κ1) is 13.9. The second-order valence-corrected chi connectivity index (χ2v) is 7.29. The Morgan fingerprint density at radius 2 is 2.08 bits per heavy atom. The van der Waals surface area contributed by atoms with Crippen molar-refractivity contribution < 1.29 is 0 Å². The maximum absolute atomic E-state index is 6.01. The Balaban J connectivity index is 1.59. The van der Waals surface area contributed by atoms with Gasteiger partial charge in [-0.2, -0.15) is 14.8 Å². The Kier molecular flexibility index (Phi) is 2.77. The standard InChI is InChI=1S/C18H20N6/c1-18(11-7-12(19)8-11)9-14-13(4-6-20-17(14)23-18)15-10-22-24-16(15)3-2-5-21-24/h2-6,10-12H,7-9,19H2,1H3,(H,20,23). The normalized spacial score (nSPS) is 28.4. The summed E-state index contributed by atoms with van der Waals surface area (Å²) >= 11 is 0. The molecule has 4 heterocycles. The van der Waals surface area contributed by atoms with Crippen LogP contribution >= 0.6 is 0 Å². The van der Waals surface area contributed by atoms with Gasteiger partial charge in [-0.15, -0.1) is 0 Å². The third-order valence-electron chi connectivity index (χ3n) is 5.67. The summed E-state index contributed by atoms with van der Waals surface area (Å²) in [5.41, 5.74) is 10.7. The summed E-state index contributed by atoms with van der Waals surface area (Å²) in [4.78, 5) is 4.58. The average Bonchev–Trinajstić information content (AvgIpc) is 3.12. The van der Waals surface area contributed by atoms with Crippen LogP contribution in [-0.4, -0.2) is 31.4 Å². The predicted octanol–water partition coefficient (Wildman–Crippen LogP) is 2.26. The number of anilines is 1. The van der Waals surface area contributed by atoms with Crippen molar-refractivity contribution in [2.24, 2.45) is 11.7 Å². The van der Waals surface area contributed by atoms with Gasteiger partial charge in [-0.3, -0.25) is 0 Å². The molecular formula is C18H20N6. The van der Waals surface area contributed by atoms with Crippen LogP contribution in [0.4, 0.5) is 5.82 Å². The van der Waals surface area contributed by atoms with E-state index in [0.29, 0.717) is 12.0 Å². The van der Waals surface area contributed by atoms with Gasteiger partial charge in [0.1, 0.15) is 5.82 Å². The summed E-state index contributed by atoms with van der Waals surface area (Å²) in [7, 11) is 0. The Hall–Kier alpha value is -2.47. The quantitative estimate of drug-likeness (QED) is 0.757. The van der Waals surface area contributed by atoms with Crippen LogP contribution in [0.25, 0.3) is 16.6 Å². The first-order chi connectivity index (χ1) is 11.6. The molecule has 6 nitrogen and oxygen atoms in total. The molecule has 0 spiro atoms. The Morgan fingerprint density at radius 3 is 2.92 bits per heavy atom. The summed E-state index contributed by atoms with van der Waals surface area (Å²) in [5.74, 6) is 1.61. The van der Waals surface area contributed by atoms with E-state index in [1.807, 2.05) is 18.5 Å². The maximum atomic E-state index is 6.01. The van der Waals surface area contributed by atoms with Crippen LogP contribution in [0.15, 0.2) is 36.8 Å². The predicted molar refractivity (Wildman–Crippen MR) is 92.6 cm³/mol. The van der Waals surface area contributed by atoms with Gasteiger partial charge >= 0.3 is 0 Å². The molecule has 24 heavy (non-hydrogen) atoms. The highest BCUT2D eigenvalue weighted by Crippen LogP contribution is 2.46. The number of nitrogens with one attached hydrogen (secondary N) is 1. The Bertz CT molecular complexity index is 926. The lowest BCUT2D eigenvalue weighted by atomic mass is 9.68. The number of rotatable bonds is 2. The van der Waals surface area contributed by atoms with E-state index in [0.717, 1.165) is 36.2 Å². The van der Waals surface area contributed by atoms with Gasteiger partial charge in [-0.1, -0.05) is 0 Å². The zero-order valence-electron chi connectivity index (χ0n) is 13.6. The molecule has 2 aliphatic rings. The largest absolute Gasteiger partial charge is 0.364 e. The molecule has 3 aromatic rings. The van der Waals surface area contributed by atoms with E-state index in [9.17, 15) is 0 Å². The summed E-state index contributed by atoms with van der Waals surface area (Å²) in [6.45, 7) is 2.30. The van der Waals surface area contributed by atoms with Gasteiger partial charge in [0, 0.05) is 35.1 Å². The fourth-order valence-corrected chi connectivity index (χ4v) is 4.18. The second kappa shape index (κ2) is 4.77. The van der Waals surface area contributed by atoms with Crippen LogP contribution in [-0.2, 0) is 6.42 Å². The lowest BCUT2D eigenvalue weighted by Crippen LogP contribution is -2.52. The molecule has 0 amide bonds. The zero-order chi connectivity index (χ0) is 16.3. The van der Waals surface area contributed by atoms with Crippen molar-refractivity contribution >= 4 is 11.3 Å². The number of fused-ring (bicyclic) bond motifs is 2. The topological polar surface area (TPSA) is 81.1 Å². The number of pyridine rings is 1. The first-order valence-corrected chi connectivity index (χ1v) is 8.45. The van der Waals surface area contributed by atoms with Crippen molar-refractivity contribution in [1.82, 2.24) is 19.8 Å². The molecule has 1 fully saturated rings. The minimum atomic E-state index is 0.0442. The van der Waals surface area contributed by atoms with Crippen LogP contribution in [0.2, 0.25) is 0 Å². The van der Waals surface area contributed by atoms with E-state index < -0.39 is 0 Å². The highest BCUT2D eigenvalue weighted by molar-refractivity contribution is 5.84. The summed E-state index contributed by atoms with van der Waals surface area (Å²) < 4.78 is 1.68. The molecular weight excluding hydrogens is 300 g/mol. The number of nitrogens with two attached hydrogens (primary N) is 1. The van der Waals surface area contributed by atoms with Crippen LogP contribution in [0.5, 0.6) is 0 Å². The molecule has 0 radical (unpaired) electrons. The first-order valence-electron chi connectivity index (χ1n) is 8.45. The molecule has 0 saturated heterocycles. The molecule has 1 aliphatic carbocycles. The summed E-state index contributed by atoms with van der Waals surface area (Å²) in [6.07, 6.45) is 8.67. The van der Waals surface area contributed by atoms with Crippen molar-refractivity contribution in [1.29, 1.82) is 0 Å². The van der Waals surface area contributed by atoms with E-state index >= 15 is 0 Å². The summed E-state index contributed by atoms with van der Waals surface area (Å²) in [6, 6.07) is 6.44. The smallest absolute Gasteiger partial charge is 0.130 e. The molecule has 122 valence electrons. The average molecular weight is 320 g/mol. The van der Waals surface area contributed by atoms with Gasteiger partial charge in [-0.25, -0.2) is 4.98 Å². The fraction of sp³-hybridized carbons (Fsp3) is 0.389.